The summed E-state index contributed by atoms with van der Waals surface area (Å²) in [6.07, 6.45) is 0. The van der Waals surface area contributed by atoms with Crippen LogP contribution in [0.5, 0.6) is 0 Å². The third-order valence-corrected chi connectivity index (χ3v) is 8.50. The van der Waals surface area contributed by atoms with Gasteiger partial charge in [-0.15, -0.1) is 0 Å². The van der Waals surface area contributed by atoms with Crippen LogP contribution in [0, 0.1) is 0 Å². The van der Waals surface area contributed by atoms with Gasteiger partial charge in [-0.1, -0.05) is 158 Å². The van der Waals surface area contributed by atoms with E-state index in [-0.39, 0.29) is 22.7 Å². The molecule has 45 heavy (non-hydrogen) atoms. The zero-order valence-electron chi connectivity index (χ0n) is 32.9. The van der Waals surface area contributed by atoms with Gasteiger partial charge in [-0.3, -0.25) is 0 Å². The Morgan fingerprint density at radius 3 is 1.56 bits per heavy atom. The number of rotatable bonds is 4. The first-order valence-electron chi connectivity index (χ1n) is 19.2. The number of furan rings is 1. The van der Waals surface area contributed by atoms with E-state index in [1.54, 1.807) is 0 Å². The molecule has 210 valence electrons. The molecule has 0 bridgehead atoms. The van der Waals surface area contributed by atoms with Crippen LogP contribution in [0.25, 0.3) is 88.0 Å². The Bertz CT molecular complexity index is 2960. The molecule has 0 unspecified atom stereocenters. The molecule has 8 aromatic carbocycles. The molecule has 0 N–H and O–H groups in total. The van der Waals surface area contributed by atoms with E-state index in [1.165, 1.54) is 0 Å². The standard InChI is InChI=1S/C44H28O/c1-3-15-29(16-4-1)31-19-7-8-21-33(31)42-34-22-9-11-24-36(34)43(37-25-12-10-23-35(37)42)39-28-27-38-32-20-13-14-26-40(32)45-44(38)41(39)30-17-5-2-6-18-30/h1-28H/i1D,3D,4D,7D,8D,15D,16D,19D,21D. The average Bonchev–Trinajstić information content (AvgIpc) is 3.58. The molecule has 0 radical (unpaired) electrons. The van der Waals surface area contributed by atoms with E-state index < -0.39 is 48.3 Å². The molecule has 9 rings (SSSR count). The largest absolute Gasteiger partial charge is 0.455 e. The summed E-state index contributed by atoms with van der Waals surface area (Å²) in [6, 6.07) is 32.7. The van der Waals surface area contributed by atoms with Gasteiger partial charge in [-0.25, -0.2) is 0 Å². The molecule has 0 fully saturated rings. The van der Waals surface area contributed by atoms with Crippen molar-refractivity contribution < 1.29 is 16.8 Å². The van der Waals surface area contributed by atoms with Crippen molar-refractivity contribution in [2.75, 3.05) is 0 Å². The van der Waals surface area contributed by atoms with Crippen molar-refractivity contribution in [2.24, 2.45) is 0 Å². The number of fused-ring (bicyclic) bond motifs is 5. The lowest BCUT2D eigenvalue weighted by atomic mass is 9.82. The van der Waals surface area contributed by atoms with Crippen LogP contribution in [0.3, 0.4) is 0 Å². The summed E-state index contributed by atoms with van der Waals surface area (Å²) in [6.45, 7) is 0. The van der Waals surface area contributed by atoms with Crippen LogP contribution in [0.4, 0.5) is 0 Å². The third kappa shape index (κ3) is 4.02. The number of benzene rings is 8. The van der Waals surface area contributed by atoms with Crippen molar-refractivity contribution in [3.05, 3.63) is 170 Å². The first kappa shape index (κ1) is 18.0. The van der Waals surface area contributed by atoms with E-state index in [0.29, 0.717) is 16.3 Å². The van der Waals surface area contributed by atoms with Crippen LogP contribution in [-0.2, 0) is 0 Å². The summed E-state index contributed by atoms with van der Waals surface area (Å²) >= 11 is 0. The SMILES string of the molecule is [2H]c1c([2H])c([2H])c(-c2c([2H])c([2H])c([2H])c([2H])c2-c2c3ccccc3c(-c3ccc4c(oc5ccccc54)c3-c3ccccc3)c3ccccc23)c([2H])c1[2H]. The highest BCUT2D eigenvalue weighted by atomic mass is 16.3. The van der Waals surface area contributed by atoms with Gasteiger partial charge in [-0.05, 0) is 72.6 Å². The maximum Gasteiger partial charge on any atom is 0.143 e. The quantitative estimate of drug-likeness (QED) is 0.188. The fourth-order valence-electron chi connectivity index (χ4n) is 6.64. The minimum atomic E-state index is -0.594. The zero-order chi connectivity index (χ0) is 37.6. The van der Waals surface area contributed by atoms with Gasteiger partial charge >= 0.3 is 0 Å². The van der Waals surface area contributed by atoms with Crippen LogP contribution in [0.2, 0.25) is 0 Å². The first-order chi connectivity index (χ1) is 26.1. The Balaban J connectivity index is 1.48. The average molecular weight is 582 g/mol. The van der Waals surface area contributed by atoms with Gasteiger partial charge in [0.1, 0.15) is 11.2 Å². The molecule has 1 heteroatoms. The van der Waals surface area contributed by atoms with E-state index in [4.69, 9.17) is 15.4 Å². The van der Waals surface area contributed by atoms with Gasteiger partial charge in [0, 0.05) is 16.3 Å². The van der Waals surface area contributed by atoms with Crippen molar-refractivity contribution in [2.45, 2.75) is 0 Å². The predicted octanol–water partition coefficient (Wildman–Crippen LogP) is 12.6. The van der Waals surface area contributed by atoms with Gasteiger partial charge in [0.2, 0.25) is 0 Å². The molecule has 0 aliphatic heterocycles. The van der Waals surface area contributed by atoms with Crippen molar-refractivity contribution in [3.63, 3.8) is 0 Å². The Kier molecular flexibility index (Phi) is 4.15. The second-order valence-corrected chi connectivity index (χ2v) is 10.9. The third-order valence-electron chi connectivity index (χ3n) is 8.50. The summed E-state index contributed by atoms with van der Waals surface area (Å²) in [5.74, 6) is 0. The summed E-state index contributed by atoms with van der Waals surface area (Å²) in [5.41, 5.74) is 5.20. The Morgan fingerprint density at radius 1 is 0.356 bits per heavy atom. The second kappa shape index (κ2) is 10.4. The molecule has 0 aliphatic carbocycles. The summed E-state index contributed by atoms with van der Waals surface area (Å²) < 4.78 is 85.4. The summed E-state index contributed by atoms with van der Waals surface area (Å²) in [7, 11) is 0. The number of hydrogen-bond donors (Lipinski definition) is 0. The van der Waals surface area contributed by atoms with E-state index in [0.717, 1.165) is 55.0 Å². The highest BCUT2D eigenvalue weighted by Gasteiger charge is 2.23. The maximum absolute atomic E-state index is 9.35. The first-order valence-corrected chi connectivity index (χ1v) is 14.7. The number of hydrogen-bond acceptors (Lipinski definition) is 1. The molecule has 0 amide bonds. The van der Waals surface area contributed by atoms with Crippen LogP contribution in [0.15, 0.2) is 174 Å². The molecule has 9 aromatic rings. The van der Waals surface area contributed by atoms with E-state index in [1.807, 2.05) is 91.0 Å². The molecule has 1 aromatic heterocycles. The van der Waals surface area contributed by atoms with Gasteiger partial charge in [-0.2, -0.15) is 0 Å². The molecule has 0 atom stereocenters. The smallest absolute Gasteiger partial charge is 0.143 e. The predicted molar refractivity (Wildman–Crippen MR) is 190 cm³/mol. The van der Waals surface area contributed by atoms with Gasteiger partial charge in [0.15, 0.2) is 0 Å². The van der Waals surface area contributed by atoms with Crippen molar-refractivity contribution >= 4 is 43.5 Å². The van der Waals surface area contributed by atoms with Crippen LogP contribution >= 0.6 is 0 Å². The van der Waals surface area contributed by atoms with Gasteiger partial charge in [0.25, 0.3) is 0 Å². The Hall–Kier alpha value is -5.92. The molecule has 0 aliphatic rings. The fourth-order valence-corrected chi connectivity index (χ4v) is 6.64. The van der Waals surface area contributed by atoms with Crippen LogP contribution in [0.1, 0.15) is 12.3 Å². The molecule has 1 nitrogen and oxygen atoms in total. The topological polar surface area (TPSA) is 13.1 Å². The molecule has 0 saturated carbocycles. The van der Waals surface area contributed by atoms with E-state index >= 15 is 0 Å². The minimum Gasteiger partial charge on any atom is -0.455 e. The fraction of sp³-hybridized carbons (Fsp3) is 0. The molecular formula is C44H28O. The molecule has 0 spiro atoms. The Labute approximate surface area is 274 Å². The zero-order valence-corrected chi connectivity index (χ0v) is 23.9. The lowest BCUT2D eigenvalue weighted by Gasteiger charge is -2.21. The normalized spacial score (nSPS) is 14.4. The van der Waals surface area contributed by atoms with Crippen molar-refractivity contribution in [1.82, 2.24) is 0 Å². The van der Waals surface area contributed by atoms with Gasteiger partial charge in [0.05, 0.1) is 12.3 Å². The second-order valence-electron chi connectivity index (χ2n) is 10.9. The highest BCUT2D eigenvalue weighted by molar-refractivity contribution is 6.25. The van der Waals surface area contributed by atoms with E-state index in [2.05, 4.69) is 24.3 Å². The van der Waals surface area contributed by atoms with Crippen molar-refractivity contribution in [1.29, 1.82) is 0 Å². The van der Waals surface area contributed by atoms with Gasteiger partial charge < -0.3 is 4.42 Å². The summed E-state index contributed by atoms with van der Waals surface area (Å²) in [4.78, 5) is 0. The van der Waals surface area contributed by atoms with Crippen molar-refractivity contribution in [3.8, 4) is 44.5 Å². The van der Waals surface area contributed by atoms with Crippen LogP contribution < -0.4 is 0 Å². The lowest BCUT2D eigenvalue weighted by Crippen LogP contribution is -1.94. The molecule has 0 saturated heterocycles. The van der Waals surface area contributed by atoms with Crippen LogP contribution in [-0.4, -0.2) is 0 Å². The lowest BCUT2D eigenvalue weighted by molar-refractivity contribution is 0.670. The Morgan fingerprint density at radius 2 is 0.889 bits per heavy atom. The molecule has 1 heterocycles. The maximum atomic E-state index is 9.35. The summed E-state index contributed by atoms with van der Waals surface area (Å²) in [5, 5.41) is 4.88. The molecular weight excluding hydrogens is 544 g/mol. The number of para-hydroxylation sites is 1. The minimum absolute atomic E-state index is 0.0505. The van der Waals surface area contributed by atoms with E-state index in [9.17, 15) is 1.37 Å². The monoisotopic (exact) mass is 581 g/mol. The highest BCUT2D eigenvalue weighted by Crippen LogP contribution is 2.49.